The van der Waals surface area contributed by atoms with E-state index in [1.54, 1.807) is 11.3 Å². The molecule has 0 fully saturated rings. The van der Waals surface area contributed by atoms with Crippen LogP contribution in [0, 0.1) is 6.92 Å². The largest absolute Gasteiger partial charge is 0.221 e. The van der Waals surface area contributed by atoms with Gasteiger partial charge < -0.3 is 0 Å². The number of aromatic nitrogens is 2. The van der Waals surface area contributed by atoms with Gasteiger partial charge in [0.15, 0.2) is 0 Å². The van der Waals surface area contributed by atoms with E-state index in [1.165, 1.54) is 10.4 Å². The second-order valence-electron chi connectivity index (χ2n) is 5.26. The molecule has 0 saturated carbocycles. The van der Waals surface area contributed by atoms with Crippen LogP contribution in [0.25, 0.3) is 10.2 Å². The second-order valence-corrected chi connectivity index (χ2v) is 6.82. The molecule has 0 saturated heterocycles. The normalized spacial score (nSPS) is 12.4. The van der Waals surface area contributed by atoms with Crippen molar-refractivity contribution in [1.29, 1.82) is 0 Å². The predicted octanol–water partition coefficient (Wildman–Crippen LogP) is 4.51. The minimum absolute atomic E-state index is 0.0674. The topological polar surface area (TPSA) is 25.8 Å². The van der Waals surface area contributed by atoms with Crippen LogP contribution in [0.3, 0.4) is 0 Å². The molecule has 0 spiro atoms. The molecule has 2 aromatic rings. The Balaban J connectivity index is 2.77. The van der Waals surface area contributed by atoms with Crippen molar-refractivity contribution in [2.45, 2.75) is 46.5 Å². The lowest BCUT2D eigenvalue weighted by molar-refractivity contribution is 0.549. The number of rotatable bonds is 1. The second kappa shape index (κ2) is 4.21. The first-order valence-corrected chi connectivity index (χ1v) is 7.00. The fraction of sp³-hybridized carbons (Fsp3) is 0.538. The molecule has 0 unspecified atom stereocenters. The van der Waals surface area contributed by atoms with E-state index in [2.05, 4.69) is 44.6 Å². The summed E-state index contributed by atoms with van der Waals surface area (Å²) in [5, 5.41) is 1.64. The van der Waals surface area contributed by atoms with E-state index >= 15 is 0 Å². The lowest BCUT2D eigenvalue weighted by Crippen LogP contribution is -2.15. The fourth-order valence-corrected chi connectivity index (χ4v) is 3.34. The Morgan fingerprint density at radius 1 is 1.24 bits per heavy atom. The molecular formula is C13H17ClN2S. The Hall–Kier alpha value is -0.670. The quantitative estimate of drug-likeness (QED) is 0.711. The maximum atomic E-state index is 6.32. The highest BCUT2D eigenvalue weighted by Gasteiger charge is 2.21. The van der Waals surface area contributed by atoms with Gasteiger partial charge in [-0.3, -0.25) is 0 Å². The van der Waals surface area contributed by atoms with Crippen LogP contribution in [-0.4, -0.2) is 9.97 Å². The fourth-order valence-electron chi connectivity index (χ4n) is 1.89. The van der Waals surface area contributed by atoms with Gasteiger partial charge in [0.1, 0.15) is 15.8 Å². The number of nitrogens with zero attached hydrogens (tertiary/aromatic N) is 2. The van der Waals surface area contributed by atoms with Gasteiger partial charge in [0.2, 0.25) is 0 Å². The van der Waals surface area contributed by atoms with E-state index in [-0.39, 0.29) is 5.41 Å². The van der Waals surface area contributed by atoms with Crippen molar-refractivity contribution in [2.24, 2.45) is 0 Å². The average molecular weight is 269 g/mol. The van der Waals surface area contributed by atoms with Crippen molar-refractivity contribution in [3.05, 3.63) is 21.4 Å². The van der Waals surface area contributed by atoms with Crippen molar-refractivity contribution in [3.8, 4) is 0 Å². The van der Waals surface area contributed by atoms with Crippen molar-refractivity contribution < 1.29 is 0 Å². The van der Waals surface area contributed by atoms with Gasteiger partial charge in [0, 0.05) is 10.3 Å². The Labute approximate surface area is 111 Å². The predicted molar refractivity (Wildman–Crippen MR) is 75.2 cm³/mol. The third kappa shape index (κ3) is 2.18. The molecular weight excluding hydrogens is 252 g/mol. The molecule has 4 heteroatoms. The number of halogens is 1. The van der Waals surface area contributed by atoms with Gasteiger partial charge in [-0.1, -0.05) is 39.3 Å². The first-order chi connectivity index (χ1) is 7.84. The van der Waals surface area contributed by atoms with Crippen LogP contribution in [-0.2, 0) is 11.8 Å². The maximum absolute atomic E-state index is 6.32. The van der Waals surface area contributed by atoms with Crippen molar-refractivity contribution >= 4 is 33.2 Å². The maximum Gasteiger partial charge on any atom is 0.141 e. The minimum Gasteiger partial charge on any atom is -0.221 e. The lowest BCUT2D eigenvalue weighted by atomic mass is 9.96. The number of aryl methyl sites for hydroxylation is 2. The summed E-state index contributed by atoms with van der Waals surface area (Å²) >= 11 is 8.03. The van der Waals surface area contributed by atoms with E-state index in [0.29, 0.717) is 5.15 Å². The molecule has 0 bridgehead atoms. The molecule has 0 aliphatic rings. The standard InChI is InChI=1S/C13H17ClN2S/c1-6-8-7(2)17-11-9(8)10(14)15-12(16-11)13(3,4)5/h6H2,1-5H3. The zero-order valence-electron chi connectivity index (χ0n) is 10.9. The molecule has 2 aromatic heterocycles. The molecule has 0 aliphatic carbocycles. The summed E-state index contributed by atoms with van der Waals surface area (Å²) in [7, 11) is 0. The number of hydrogen-bond donors (Lipinski definition) is 0. The van der Waals surface area contributed by atoms with Gasteiger partial charge in [-0.25, -0.2) is 9.97 Å². The molecule has 0 aliphatic heterocycles. The van der Waals surface area contributed by atoms with Gasteiger partial charge in [-0.15, -0.1) is 11.3 Å². The van der Waals surface area contributed by atoms with E-state index in [1.807, 2.05) is 0 Å². The zero-order chi connectivity index (χ0) is 12.8. The van der Waals surface area contributed by atoms with E-state index in [0.717, 1.165) is 22.5 Å². The monoisotopic (exact) mass is 268 g/mol. The number of thiophene rings is 1. The van der Waals surface area contributed by atoms with Gasteiger partial charge in [-0.2, -0.15) is 0 Å². The van der Waals surface area contributed by atoms with Gasteiger partial charge in [0.05, 0.1) is 5.39 Å². The number of hydrogen-bond acceptors (Lipinski definition) is 3. The molecule has 17 heavy (non-hydrogen) atoms. The Morgan fingerprint density at radius 2 is 1.88 bits per heavy atom. The highest BCUT2D eigenvalue weighted by molar-refractivity contribution is 7.18. The van der Waals surface area contributed by atoms with Crippen LogP contribution in [0.5, 0.6) is 0 Å². The molecule has 0 aromatic carbocycles. The van der Waals surface area contributed by atoms with E-state index in [4.69, 9.17) is 11.6 Å². The van der Waals surface area contributed by atoms with Crippen LogP contribution in [0.2, 0.25) is 5.15 Å². The summed E-state index contributed by atoms with van der Waals surface area (Å²) < 4.78 is 0. The zero-order valence-corrected chi connectivity index (χ0v) is 12.5. The van der Waals surface area contributed by atoms with Crippen LogP contribution >= 0.6 is 22.9 Å². The van der Waals surface area contributed by atoms with Crippen LogP contribution in [0.1, 0.15) is 44.0 Å². The molecule has 2 rings (SSSR count). The van der Waals surface area contributed by atoms with E-state index < -0.39 is 0 Å². The van der Waals surface area contributed by atoms with Crippen LogP contribution in [0.15, 0.2) is 0 Å². The third-order valence-electron chi connectivity index (χ3n) is 2.83. The average Bonchev–Trinajstić information content (AvgIpc) is 2.52. The van der Waals surface area contributed by atoms with Gasteiger partial charge in [-0.05, 0) is 18.9 Å². The Morgan fingerprint density at radius 3 is 2.41 bits per heavy atom. The number of fused-ring (bicyclic) bond motifs is 1. The summed E-state index contributed by atoms with van der Waals surface area (Å²) in [5.41, 5.74) is 1.22. The van der Waals surface area contributed by atoms with Gasteiger partial charge >= 0.3 is 0 Å². The summed E-state index contributed by atoms with van der Waals surface area (Å²) in [6.07, 6.45) is 0.976. The molecule has 2 heterocycles. The first-order valence-electron chi connectivity index (χ1n) is 5.80. The van der Waals surface area contributed by atoms with Crippen molar-refractivity contribution in [1.82, 2.24) is 9.97 Å². The lowest BCUT2D eigenvalue weighted by Gasteiger charge is -2.16. The minimum atomic E-state index is -0.0674. The smallest absolute Gasteiger partial charge is 0.141 e. The molecule has 92 valence electrons. The first kappa shape index (κ1) is 12.8. The van der Waals surface area contributed by atoms with E-state index in [9.17, 15) is 0 Å². The molecule has 0 N–H and O–H groups in total. The Kier molecular flexibility index (Phi) is 3.17. The van der Waals surface area contributed by atoms with Crippen molar-refractivity contribution in [2.75, 3.05) is 0 Å². The van der Waals surface area contributed by atoms with Crippen molar-refractivity contribution in [3.63, 3.8) is 0 Å². The molecule has 0 radical (unpaired) electrons. The molecule has 0 amide bonds. The highest BCUT2D eigenvalue weighted by atomic mass is 35.5. The Bertz CT molecular complexity index is 567. The third-order valence-corrected chi connectivity index (χ3v) is 4.15. The van der Waals surface area contributed by atoms with Crippen LogP contribution in [0.4, 0.5) is 0 Å². The molecule has 2 nitrogen and oxygen atoms in total. The summed E-state index contributed by atoms with van der Waals surface area (Å²) in [6.45, 7) is 10.6. The van der Waals surface area contributed by atoms with Gasteiger partial charge in [0.25, 0.3) is 0 Å². The summed E-state index contributed by atoms with van der Waals surface area (Å²) in [6, 6.07) is 0. The van der Waals surface area contributed by atoms with Crippen LogP contribution < -0.4 is 0 Å². The SMILES string of the molecule is CCc1c(C)sc2nc(C(C)(C)C)nc(Cl)c12. The summed E-state index contributed by atoms with van der Waals surface area (Å²) in [4.78, 5) is 11.4. The summed E-state index contributed by atoms with van der Waals surface area (Å²) in [5.74, 6) is 0.818. The highest BCUT2D eigenvalue weighted by Crippen LogP contribution is 2.35. The molecule has 0 atom stereocenters.